The first-order valence-corrected chi connectivity index (χ1v) is 8.03. The summed E-state index contributed by atoms with van der Waals surface area (Å²) in [6.45, 7) is 2.98. The van der Waals surface area contributed by atoms with E-state index in [0.29, 0.717) is 24.8 Å². The third kappa shape index (κ3) is 5.61. The molecule has 0 radical (unpaired) electrons. The summed E-state index contributed by atoms with van der Waals surface area (Å²) in [6.07, 6.45) is 0.759. The zero-order chi connectivity index (χ0) is 16.7. The fraction of sp³-hybridized carbons (Fsp3) is 0.312. The average Bonchev–Trinajstić information content (AvgIpc) is 2.51. The summed E-state index contributed by atoms with van der Waals surface area (Å²) in [5, 5.41) is 5.92. The lowest BCUT2D eigenvalue weighted by Crippen LogP contribution is -2.26. The second-order valence-electron chi connectivity index (χ2n) is 4.96. The van der Waals surface area contributed by atoms with E-state index in [-0.39, 0.29) is 5.91 Å². The Morgan fingerprint density at radius 2 is 2.13 bits per heavy atom. The molecule has 0 saturated heterocycles. The van der Waals surface area contributed by atoms with E-state index in [1.807, 2.05) is 31.2 Å². The number of halogens is 1. The second-order valence-corrected chi connectivity index (χ2v) is 5.87. The molecule has 0 unspecified atom stereocenters. The highest BCUT2D eigenvalue weighted by Crippen LogP contribution is 2.18. The van der Waals surface area contributed by atoms with Crippen molar-refractivity contribution in [2.45, 2.75) is 13.3 Å². The zero-order valence-corrected chi connectivity index (χ0v) is 14.7. The van der Waals surface area contributed by atoms with Crippen LogP contribution in [-0.2, 0) is 4.74 Å². The lowest BCUT2D eigenvalue weighted by molar-refractivity contribution is 0.0943. The predicted octanol–water partition coefficient (Wildman–Crippen LogP) is 3.06. The molecule has 1 aromatic carbocycles. The molecule has 0 aliphatic carbocycles. The van der Waals surface area contributed by atoms with Crippen molar-refractivity contribution in [1.82, 2.24) is 15.3 Å². The number of ether oxygens (including phenoxy) is 1. The van der Waals surface area contributed by atoms with Gasteiger partial charge in [0.05, 0.1) is 0 Å². The third-order valence-electron chi connectivity index (χ3n) is 2.98. The quantitative estimate of drug-likeness (QED) is 0.724. The third-order valence-corrected chi connectivity index (χ3v) is 3.47. The number of benzene rings is 1. The van der Waals surface area contributed by atoms with Gasteiger partial charge in [-0.3, -0.25) is 4.79 Å². The number of aromatic nitrogens is 2. The topological polar surface area (TPSA) is 76.1 Å². The van der Waals surface area contributed by atoms with Gasteiger partial charge in [0, 0.05) is 36.1 Å². The Morgan fingerprint density at radius 3 is 2.87 bits per heavy atom. The van der Waals surface area contributed by atoms with Crippen molar-refractivity contribution in [3.05, 3.63) is 46.2 Å². The van der Waals surface area contributed by atoms with E-state index in [9.17, 15) is 4.79 Å². The number of carbonyl (C=O) groups excluding carboxylic acids is 1. The summed E-state index contributed by atoms with van der Waals surface area (Å²) in [6, 6.07) is 9.32. The normalized spacial score (nSPS) is 10.4. The SMILES string of the molecule is COCCCNC(=O)c1cc(C)nc(Nc2cccc(Br)c2)n1. The number of hydrogen-bond donors (Lipinski definition) is 2. The van der Waals surface area contributed by atoms with E-state index in [1.165, 1.54) is 0 Å². The number of anilines is 2. The molecule has 7 heteroatoms. The van der Waals surface area contributed by atoms with Gasteiger partial charge in [0.1, 0.15) is 5.69 Å². The highest BCUT2D eigenvalue weighted by atomic mass is 79.9. The van der Waals surface area contributed by atoms with Gasteiger partial charge in [-0.15, -0.1) is 0 Å². The van der Waals surface area contributed by atoms with Gasteiger partial charge in [-0.1, -0.05) is 22.0 Å². The molecule has 2 N–H and O–H groups in total. The van der Waals surface area contributed by atoms with Crippen LogP contribution in [0.4, 0.5) is 11.6 Å². The van der Waals surface area contributed by atoms with Crippen molar-refractivity contribution < 1.29 is 9.53 Å². The maximum atomic E-state index is 12.1. The van der Waals surface area contributed by atoms with Crippen molar-refractivity contribution in [2.24, 2.45) is 0 Å². The highest BCUT2D eigenvalue weighted by Gasteiger charge is 2.10. The fourth-order valence-corrected chi connectivity index (χ4v) is 2.34. The van der Waals surface area contributed by atoms with Crippen LogP contribution >= 0.6 is 15.9 Å². The molecule has 0 bridgehead atoms. The van der Waals surface area contributed by atoms with Crippen LogP contribution in [0.1, 0.15) is 22.6 Å². The van der Waals surface area contributed by atoms with Crippen LogP contribution in [0.3, 0.4) is 0 Å². The minimum atomic E-state index is -0.219. The predicted molar refractivity (Wildman–Crippen MR) is 93.0 cm³/mol. The van der Waals surface area contributed by atoms with E-state index in [1.54, 1.807) is 13.2 Å². The van der Waals surface area contributed by atoms with Crippen LogP contribution in [0, 0.1) is 6.92 Å². The molecule has 0 aliphatic heterocycles. The number of rotatable bonds is 7. The number of nitrogens with one attached hydrogen (secondary N) is 2. The molecule has 0 saturated carbocycles. The maximum Gasteiger partial charge on any atom is 0.270 e. The number of hydrogen-bond acceptors (Lipinski definition) is 5. The standard InChI is InChI=1S/C16H19BrN4O2/c1-11-9-14(15(22)18-7-4-8-23-2)21-16(19-11)20-13-6-3-5-12(17)10-13/h3,5-6,9-10H,4,7-8H2,1-2H3,(H,18,22)(H,19,20,21). The van der Waals surface area contributed by atoms with Gasteiger partial charge in [0.25, 0.3) is 5.91 Å². The summed E-state index contributed by atoms with van der Waals surface area (Å²) in [7, 11) is 1.63. The first-order valence-electron chi connectivity index (χ1n) is 7.24. The minimum absolute atomic E-state index is 0.219. The molecule has 1 heterocycles. The van der Waals surface area contributed by atoms with E-state index >= 15 is 0 Å². The monoisotopic (exact) mass is 378 g/mol. The van der Waals surface area contributed by atoms with E-state index in [2.05, 4.69) is 36.5 Å². The summed E-state index contributed by atoms with van der Waals surface area (Å²) < 4.78 is 5.90. The Morgan fingerprint density at radius 1 is 1.30 bits per heavy atom. The van der Waals surface area contributed by atoms with Gasteiger partial charge >= 0.3 is 0 Å². The lowest BCUT2D eigenvalue weighted by Gasteiger charge is -2.09. The van der Waals surface area contributed by atoms with Crippen molar-refractivity contribution in [3.8, 4) is 0 Å². The fourth-order valence-electron chi connectivity index (χ4n) is 1.95. The molecular weight excluding hydrogens is 360 g/mol. The molecule has 1 aromatic heterocycles. The number of methoxy groups -OCH3 is 1. The summed E-state index contributed by atoms with van der Waals surface area (Å²) in [4.78, 5) is 20.7. The molecule has 1 amide bonds. The molecule has 0 atom stereocenters. The van der Waals surface area contributed by atoms with Crippen LogP contribution in [0.2, 0.25) is 0 Å². The number of amides is 1. The molecule has 2 aromatic rings. The van der Waals surface area contributed by atoms with Crippen LogP contribution < -0.4 is 10.6 Å². The van der Waals surface area contributed by atoms with Crippen molar-refractivity contribution in [3.63, 3.8) is 0 Å². The first-order chi connectivity index (χ1) is 11.1. The Balaban J connectivity index is 2.07. The highest BCUT2D eigenvalue weighted by molar-refractivity contribution is 9.10. The molecule has 122 valence electrons. The van der Waals surface area contributed by atoms with Crippen LogP contribution in [-0.4, -0.2) is 36.1 Å². The van der Waals surface area contributed by atoms with Crippen molar-refractivity contribution in [1.29, 1.82) is 0 Å². The molecular formula is C16H19BrN4O2. The molecule has 6 nitrogen and oxygen atoms in total. The zero-order valence-electron chi connectivity index (χ0n) is 13.1. The molecule has 0 aliphatic rings. The molecule has 0 spiro atoms. The average molecular weight is 379 g/mol. The van der Waals surface area contributed by atoms with Gasteiger partial charge in [-0.2, -0.15) is 0 Å². The summed E-state index contributed by atoms with van der Waals surface area (Å²) >= 11 is 3.41. The Hall–Kier alpha value is -1.99. The van der Waals surface area contributed by atoms with E-state index in [0.717, 1.165) is 22.3 Å². The second kappa shape index (κ2) is 8.59. The summed E-state index contributed by atoms with van der Waals surface area (Å²) in [5.41, 5.74) is 1.91. The number of carbonyl (C=O) groups is 1. The minimum Gasteiger partial charge on any atom is -0.385 e. The van der Waals surface area contributed by atoms with Crippen LogP contribution in [0.25, 0.3) is 0 Å². The van der Waals surface area contributed by atoms with Gasteiger partial charge in [0.15, 0.2) is 0 Å². The largest absolute Gasteiger partial charge is 0.385 e. The van der Waals surface area contributed by atoms with Crippen molar-refractivity contribution in [2.75, 3.05) is 25.6 Å². The van der Waals surface area contributed by atoms with E-state index < -0.39 is 0 Å². The van der Waals surface area contributed by atoms with Crippen LogP contribution in [0.15, 0.2) is 34.8 Å². The van der Waals surface area contributed by atoms with Gasteiger partial charge in [-0.25, -0.2) is 9.97 Å². The van der Waals surface area contributed by atoms with Crippen molar-refractivity contribution >= 4 is 33.5 Å². The van der Waals surface area contributed by atoms with Crippen LogP contribution in [0.5, 0.6) is 0 Å². The number of nitrogens with zero attached hydrogens (tertiary/aromatic N) is 2. The Kier molecular flexibility index (Phi) is 6.49. The first kappa shape index (κ1) is 17.4. The maximum absolute atomic E-state index is 12.1. The number of aryl methyl sites for hydroxylation is 1. The summed E-state index contributed by atoms with van der Waals surface area (Å²) in [5.74, 6) is 0.175. The van der Waals surface area contributed by atoms with Gasteiger partial charge in [-0.05, 0) is 37.6 Å². The van der Waals surface area contributed by atoms with Gasteiger partial charge < -0.3 is 15.4 Å². The molecule has 2 rings (SSSR count). The molecule has 0 fully saturated rings. The lowest BCUT2D eigenvalue weighted by atomic mass is 10.3. The Labute approximate surface area is 143 Å². The van der Waals surface area contributed by atoms with Gasteiger partial charge in [0.2, 0.25) is 5.95 Å². The van der Waals surface area contributed by atoms with E-state index in [4.69, 9.17) is 4.74 Å². The smallest absolute Gasteiger partial charge is 0.270 e. The Bertz CT molecular complexity index is 679. The molecule has 23 heavy (non-hydrogen) atoms.